The fourth-order valence-corrected chi connectivity index (χ4v) is 5.11. The summed E-state index contributed by atoms with van der Waals surface area (Å²) in [6, 6.07) is 15.9. The number of anilines is 1. The van der Waals surface area contributed by atoms with E-state index in [1.165, 1.54) is 12.4 Å². The van der Waals surface area contributed by atoms with Crippen molar-refractivity contribution in [1.29, 1.82) is 0 Å². The van der Waals surface area contributed by atoms with Crippen molar-refractivity contribution in [2.45, 2.75) is 25.2 Å². The summed E-state index contributed by atoms with van der Waals surface area (Å²) in [7, 11) is 2.84. The van der Waals surface area contributed by atoms with Crippen LogP contribution in [0, 0.1) is 0 Å². The van der Waals surface area contributed by atoms with Crippen LogP contribution in [0.2, 0.25) is 0 Å². The van der Waals surface area contributed by atoms with Gasteiger partial charge in [-0.05, 0) is 55.9 Å². The first-order valence-electron chi connectivity index (χ1n) is 13.1. The predicted octanol–water partition coefficient (Wildman–Crippen LogP) is 3.46. The lowest BCUT2D eigenvalue weighted by molar-refractivity contribution is 0.0705. The van der Waals surface area contributed by atoms with E-state index in [1.54, 1.807) is 5.48 Å². The molecule has 10 nitrogen and oxygen atoms in total. The highest BCUT2D eigenvalue weighted by atomic mass is 32.2. The van der Waals surface area contributed by atoms with Crippen molar-refractivity contribution in [2.75, 3.05) is 58.3 Å². The first-order valence-corrected chi connectivity index (χ1v) is 14.2. The van der Waals surface area contributed by atoms with E-state index in [0.29, 0.717) is 38.7 Å². The van der Waals surface area contributed by atoms with Crippen molar-refractivity contribution in [2.24, 2.45) is 0 Å². The first-order chi connectivity index (χ1) is 18.9. The molecule has 39 heavy (non-hydrogen) atoms. The van der Waals surface area contributed by atoms with Crippen LogP contribution in [0.25, 0.3) is 11.1 Å². The summed E-state index contributed by atoms with van der Waals surface area (Å²) in [5.41, 5.74) is 3.87. The van der Waals surface area contributed by atoms with Crippen molar-refractivity contribution >= 4 is 22.8 Å². The Morgan fingerprint density at radius 1 is 0.974 bits per heavy atom. The van der Waals surface area contributed by atoms with Crippen molar-refractivity contribution in [3.63, 3.8) is 0 Å². The quantitative estimate of drug-likeness (QED) is 0.223. The molecule has 0 saturated carbocycles. The molecule has 0 bridgehead atoms. The average Bonchev–Trinajstić information content (AvgIpc) is 3.00. The Morgan fingerprint density at radius 2 is 1.54 bits per heavy atom. The van der Waals surface area contributed by atoms with E-state index in [1.807, 2.05) is 71.6 Å². The molecule has 1 aliphatic rings. The standard InChI is InChI=1S/C26H32N6O4S.C2H6/c1-30(2)12-3-17-36-23-8-4-20(5-9-23)21-6-10-24(11-7-21)37(35)32-15-13-31(14-16-32)26-27-18-22(19-28-26)25(33)29-34;1-2/h4-11,18-19,34H,3,12-17H2,1-2H3,(H,29,33);1-2H3. The molecule has 1 saturated heterocycles. The van der Waals surface area contributed by atoms with Crippen molar-refractivity contribution < 1.29 is 18.9 Å². The third-order valence-corrected chi connectivity index (χ3v) is 7.53. The van der Waals surface area contributed by atoms with E-state index in [2.05, 4.69) is 29.0 Å². The van der Waals surface area contributed by atoms with E-state index in [4.69, 9.17) is 9.94 Å². The molecule has 2 heterocycles. The topological polar surface area (TPSA) is 111 Å². The number of ether oxygens (including phenoxy) is 1. The number of rotatable bonds is 10. The number of nitrogens with one attached hydrogen (secondary N) is 1. The summed E-state index contributed by atoms with van der Waals surface area (Å²) in [5, 5.41) is 8.70. The van der Waals surface area contributed by atoms with Gasteiger partial charge in [-0.25, -0.2) is 24.0 Å². The van der Waals surface area contributed by atoms with E-state index < -0.39 is 16.9 Å². The zero-order valence-corrected chi connectivity index (χ0v) is 23.9. The Bertz CT molecular complexity index is 1180. The highest BCUT2D eigenvalue weighted by molar-refractivity contribution is 7.82. The fourth-order valence-electron chi connectivity index (χ4n) is 3.95. The summed E-state index contributed by atoms with van der Waals surface area (Å²) in [6.07, 6.45) is 3.72. The van der Waals surface area contributed by atoms with Gasteiger partial charge >= 0.3 is 0 Å². The molecule has 3 aromatic rings. The molecule has 1 amide bonds. The zero-order chi connectivity index (χ0) is 28.2. The molecule has 2 aromatic carbocycles. The molecule has 2 N–H and O–H groups in total. The first kappa shape index (κ1) is 30.2. The molecule has 0 aliphatic carbocycles. The SMILES string of the molecule is CC.CN(C)CCCOc1ccc(-c2ccc(S(=O)N3CCN(c4ncc(C(=O)NO)cn4)CC3)cc2)cc1. The second-order valence-corrected chi connectivity index (χ2v) is 10.4. The molecule has 210 valence electrons. The number of carbonyl (C=O) groups is 1. The van der Waals surface area contributed by atoms with Gasteiger partial charge in [-0.15, -0.1) is 0 Å². The van der Waals surface area contributed by atoms with E-state index in [-0.39, 0.29) is 5.56 Å². The summed E-state index contributed by atoms with van der Waals surface area (Å²) in [6.45, 7) is 8.09. The molecule has 1 aliphatic heterocycles. The Balaban J connectivity index is 0.00000205. The number of hydrogen-bond donors (Lipinski definition) is 2. The second kappa shape index (κ2) is 15.3. The van der Waals surface area contributed by atoms with Gasteiger partial charge in [-0.3, -0.25) is 10.0 Å². The summed E-state index contributed by atoms with van der Waals surface area (Å²) in [5.74, 6) is 0.695. The van der Waals surface area contributed by atoms with Crippen LogP contribution in [0.4, 0.5) is 5.95 Å². The Kier molecular flexibility index (Phi) is 11.8. The number of benzene rings is 2. The maximum atomic E-state index is 13.2. The van der Waals surface area contributed by atoms with Crippen LogP contribution in [0.15, 0.2) is 65.8 Å². The van der Waals surface area contributed by atoms with Crippen LogP contribution in [0.1, 0.15) is 30.6 Å². The number of piperazine rings is 1. The number of amides is 1. The number of nitrogens with zero attached hydrogens (tertiary/aromatic N) is 5. The van der Waals surface area contributed by atoms with Crippen molar-refractivity contribution in [3.8, 4) is 16.9 Å². The monoisotopic (exact) mass is 554 g/mol. The van der Waals surface area contributed by atoms with Crippen LogP contribution in [0.3, 0.4) is 0 Å². The van der Waals surface area contributed by atoms with Gasteiger partial charge < -0.3 is 14.5 Å². The zero-order valence-electron chi connectivity index (χ0n) is 23.0. The van der Waals surface area contributed by atoms with Gasteiger partial charge in [0.05, 0.1) is 17.1 Å². The maximum absolute atomic E-state index is 13.2. The number of aromatic nitrogens is 2. The minimum Gasteiger partial charge on any atom is -0.494 e. The van der Waals surface area contributed by atoms with Gasteiger partial charge in [-0.1, -0.05) is 38.1 Å². The molecule has 0 spiro atoms. The van der Waals surface area contributed by atoms with Crippen LogP contribution in [0.5, 0.6) is 5.75 Å². The summed E-state index contributed by atoms with van der Waals surface area (Å²) in [4.78, 5) is 24.7. The lowest BCUT2D eigenvalue weighted by Crippen LogP contribution is -2.47. The molecule has 1 unspecified atom stereocenters. The number of carbonyl (C=O) groups excluding carboxylic acids is 1. The minimum atomic E-state index is -1.27. The van der Waals surface area contributed by atoms with Crippen LogP contribution >= 0.6 is 0 Å². The summed E-state index contributed by atoms with van der Waals surface area (Å²) < 4.78 is 20.9. The third kappa shape index (κ3) is 8.56. The molecule has 1 aromatic heterocycles. The molecule has 1 atom stereocenters. The Labute approximate surface area is 233 Å². The lowest BCUT2D eigenvalue weighted by Gasteiger charge is -2.33. The lowest BCUT2D eigenvalue weighted by atomic mass is 10.1. The van der Waals surface area contributed by atoms with E-state index in [9.17, 15) is 9.00 Å². The van der Waals surface area contributed by atoms with Crippen LogP contribution in [-0.2, 0) is 11.0 Å². The minimum absolute atomic E-state index is 0.175. The van der Waals surface area contributed by atoms with Gasteiger partial charge in [0.15, 0.2) is 0 Å². The third-order valence-electron chi connectivity index (χ3n) is 6.02. The smallest absolute Gasteiger partial charge is 0.277 e. The highest BCUT2D eigenvalue weighted by Gasteiger charge is 2.24. The Hall–Kier alpha value is -3.38. The second-order valence-electron chi connectivity index (χ2n) is 8.93. The molecular formula is C28H38N6O4S. The van der Waals surface area contributed by atoms with Crippen molar-refractivity contribution in [1.82, 2.24) is 24.7 Å². The number of hydrogen-bond acceptors (Lipinski definition) is 8. The van der Waals surface area contributed by atoms with Crippen LogP contribution in [-0.4, -0.2) is 87.9 Å². The normalized spacial score (nSPS) is 14.4. The van der Waals surface area contributed by atoms with E-state index in [0.717, 1.165) is 34.7 Å². The molecule has 0 radical (unpaired) electrons. The van der Waals surface area contributed by atoms with Gasteiger partial charge in [0, 0.05) is 45.1 Å². The fraction of sp³-hybridized carbons (Fsp3) is 0.393. The number of hydroxylamine groups is 1. The molecule has 11 heteroatoms. The Morgan fingerprint density at radius 3 is 2.08 bits per heavy atom. The van der Waals surface area contributed by atoms with Gasteiger partial charge in [0.2, 0.25) is 5.95 Å². The molecule has 4 rings (SSSR count). The van der Waals surface area contributed by atoms with Gasteiger partial charge in [0.1, 0.15) is 16.7 Å². The van der Waals surface area contributed by atoms with Gasteiger partial charge in [0.25, 0.3) is 5.91 Å². The van der Waals surface area contributed by atoms with Crippen LogP contribution < -0.4 is 15.1 Å². The van der Waals surface area contributed by atoms with Crippen molar-refractivity contribution in [3.05, 3.63) is 66.5 Å². The highest BCUT2D eigenvalue weighted by Crippen LogP contribution is 2.25. The maximum Gasteiger partial charge on any atom is 0.277 e. The molecular weight excluding hydrogens is 516 g/mol. The summed E-state index contributed by atoms with van der Waals surface area (Å²) >= 11 is 0. The average molecular weight is 555 g/mol. The molecule has 1 fully saturated rings. The predicted molar refractivity (Wildman–Crippen MR) is 153 cm³/mol. The largest absolute Gasteiger partial charge is 0.494 e. The van der Waals surface area contributed by atoms with Gasteiger partial charge in [-0.2, -0.15) is 0 Å². The van der Waals surface area contributed by atoms with E-state index >= 15 is 0 Å².